The molecule has 0 spiro atoms. The van der Waals surface area contributed by atoms with Crippen molar-refractivity contribution < 1.29 is 9.53 Å². The molecule has 2 aromatic carbocycles. The second-order valence-electron chi connectivity index (χ2n) is 8.65. The SMILES string of the molecule is CCCCCCCC(=O)N(C)C(C)c1nc2ccccc2c(=O)n1-c1cc(C)ccc1OC. The third-order valence-electron chi connectivity index (χ3n) is 6.22. The van der Waals surface area contributed by atoms with Crippen LogP contribution in [0.5, 0.6) is 5.75 Å². The zero-order valence-corrected chi connectivity index (χ0v) is 20.4. The first-order valence-corrected chi connectivity index (χ1v) is 11.8. The summed E-state index contributed by atoms with van der Waals surface area (Å²) < 4.78 is 7.18. The minimum Gasteiger partial charge on any atom is -0.495 e. The third kappa shape index (κ3) is 5.44. The number of ether oxygens (including phenoxy) is 1. The van der Waals surface area contributed by atoms with Crippen molar-refractivity contribution in [3.63, 3.8) is 0 Å². The quantitative estimate of drug-likeness (QED) is 0.379. The van der Waals surface area contributed by atoms with Crippen LogP contribution >= 0.6 is 0 Å². The number of carbonyl (C=O) groups excluding carboxylic acids is 1. The number of hydrogen-bond acceptors (Lipinski definition) is 4. The third-order valence-corrected chi connectivity index (χ3v) is 6.22. The predicted octanol–water partition coefficient (Wildman–Crippen LogP) is 5.58. The molecule has 0 fully saturated rings. The van der Waals surface area contributed by atoms with Crippen LogP contribution in [-0.2, 0) is 4.79 Å². The van der Waals surface area contributed by atoms with Crippen LogP contribution in [0.1, 0.15) is 69.8 Å². The summed E-state index contributed by atoms with van der Waals surface area (Å²) in [6, 6.07) is 12.6. The van der Waals surface area contributed by atoms with Gasteiger partial charge >= 0.3 is 0 Å². The summed E-state index contributed by atoms with van der Waals surface area (Å²) in [5, 5.41) is 0.530. The molecule has 1 unspecified atom stereocenters. The van der Waals surface area contributed by atoms with Crippen molar-refractivity contribution in [3.8, 4) is 11.4 Å². The van der Waals surface area contributed by atoms with E-state index in [0.717, 1.165) is 24.8 Å². The van der Waals surface area contributed by atoms with Gasteiger partial charge in [-0.15, -0.1) is 0 Å². The van der Waals surface area contributed by atoms with E-state index < -0.39 is 6.04 Å². The van der Waals surface area contributed by atoms with Gasteiger partial charge in [0.2, 0.25) is 5.91 Å². The molecule has 0 aliphatic rings. The van der Waals surface area contributed by atoms with E-state index in [0.29, 0.717) is 34.6 Å². The number of fused-ring (bicyclic) bond motifs is 1. The smallest absolute Gasteiger partial charge is 0.266 e. The molecule has 0 saturated heterocycles. The highest BCUT2D eigenvalue weighted by Crippen LogP contribution is 2.28. The molecule has 33 heavy (non-hydrogen) atoms. The van der Waals surface area contributed by atoms with Crippen LogP contribution in [0.4, 0.5) is 0 Å². The molecule has 3 rings (SSSR count). The van der Waals surface area contributed by atoms with Crippen LogP contribution < -0.4 is 10.3 Å². The van der Waals surface area contributed by atoms with Gasteiger partial charge in [0.1, 0.15) is 11.6 Å². The summed E-state index contributed by atoms with van der Waals surface area (Å²) in [5.74, 6) is 1.16. The lowest BCUT2D eigenvalue weighted by atomic mass is 10.1. The van der Waals surface area contributed by atoms with Gasteiger partial charge in [-0.1, -0.05) is 50.8 Å². The monoisotopic (exact) mass is 449 g/mol. The largest absolute Gasteiger partial charge is 0.495 e. The fraction of sp³-hybridized carbons (Fsp3) is 0.444. The first-order valence-electron chi connectivity index (χ1n) is 11.8. The first kappa shape index (κ1) is 24.5. The Kier molecular flexibility index (Phi) is 8.26. The number of benzene rings is 2. The number of hydrogen-bond donors (Lipinski definition) is 0. The lowest BCUT2D eigenvalue weighted by molar-refractivity contribution is -0.132. The Morgan fingerprint density at radius 2 is 1.85 bits per heavy atom. The molecular formula is C27H35N3O3. The molecular weight excluding hydrogens is 414 g/mol. The summed E-state index contributed by atoms with van der Waals surface area (Å²) in [4.78, 5) is 33.2. The van der Waals surface area contributed by atoms with Gasteiger partial charge in [-0.05, 0) is 50.1 Å². The topological polar surface area (TPSA) is 64.4 Å². The number of nitrogens with zero attached hydrogens (tertiary/aromatic N) is 3. The zero-order valence-electron chi connectivity index (χ0n) is 20.4. The van der Waals surface area contributed by atoms with Crippen molar-refractivity contribution >= 4 is 16.8 Å². The molecule has 176 valence electrons. The molecule has 0 aliphatic heterocycles. The van der Waals surface area contributed by atoms with E-state index in [1.165, 1.54) is 12.8 Å². The number of unbranched alkanes of at least 4 members (excludes halogenated alkanes) is 4. The van der Waals surface area contributed by atoms with Gasteiger partial charge in [0.25, 0.3) is 5.56 Å². The molecule has 0 radical (unpaired) electrons. The molecule has 0 bridgehead atoms. The van der Waals surface area contributed by atoms with Gasteiger partial charge in [-0.3, -0.25) is 14.2 Å². The van der Waals surface area contributed by atoms with E-state index in [2.05, 4.69) is 6.92 Å². The average molecular weight is 450 g/mol. The van der Waals surface area contributed by atoms with Gasteiger partial charge in [0.15, 0.2) is 0 Å². The number of aromatic nitrogens is 2. The van der Waals surface area contributed by atoms with Crippen molar-refractivity contribution in [1.82, 2.24) is 14.5 Å². The Hall–Kier alpha value is -3.15. The number of amides is 1. The average Bonchev–Trinajstić information content (AvgIpc) is 2.82. The molecule has 1 heterocycles. The molecule has 3 aromatic rings. The summed E-state index contributed by atoms with van der Waals surface area (Å²) >= 11 is 0. The van der Waals surface area contributed by atoms with E-state index in [1.54, 1.807) is 29.7 Å². The van der Waals surface area contributed by atoms with Crippen LogP contribution in [-0.4, -0.2) is 34.5 Å². The van der Waals surface area contributed by atoms with Crippen molar-refractivity contribution in [3.05, 3.63) is 64.2 Å². The van der Waals surface area contributed by atoms with Crippen LogP contribution in [0.25, 0.3) is 16.6 Å². The van der Waals surface area contributed by atoms with E-state index >= 15 is 0 Å². The van der Waals surface area contributed by atoms with E-state index in [9.17, 15) is 9.59 Å². The Morgan fingerprint density at radius 1 is 1.12 bits per heavy atom. The molecule has 1 atom stereocenters. The van der Waals surface area contributed by atoms with Crippen LogP contribution in [0, 0.1) is 6.92 Å². The highest BCUT2D eigenvalue weighted by atomic mass is 16.5. The number of carbonyl (C=O) groups is 1. The van der Waals surface area contributed by atoms with E-state index in [4.69, 9.17) is 9.72 Å². The highest BCUT2D eigenvalue weighted by molar-refractivity contribution is 5.79. The zero-order chi connectivity index (χ0) is 24.0. The molecule has 1 amide bonds. The minimum absolute atomic E-state index is 0.0594. The van der Waals surface area contributed by atoms with E-state index in [-0.39, 0.29) is 11.5 Å². The molecule has 6 heteroatoms. The maximum atomic E-state index is 13.7. The molecule has 1 aromatic heterocycles. The first-order chi connectivity index (χ1) is 15.9. The van der Waals surface area contributed by atoms with Crippen LogP contribution in [0.3, 0.4) is 0 Å². The van der Waals surface area contributed by atoms with Gasteiger partial charge in [0.05, 0.1) is 29.7 Å². The Bertz CT molecular complexity index is 1170. The summed E-state index contributed by atoms with van der Waals surface area (Å²) in [6.45, 7) is 6.07. The summed E-state index contributed by atoms with van der Waals surface area (Å²) in [7, 11) is 3.38. The maximum absolute atomic E-state index is 13.7. The van der Waals surface area contributed by atoms with Crippen molar-refractivity contribution in [2.45, 2.75) is 65.3 Å². The van der Waals surface area contributed by atoms with E-state index in [1.807, 2.05) is 50.2 Å². The van der Waals surface area contributed by atoms with Crippen LogP contribution in [0.2, 0.25) is 0 Å². The standard InChI is InChI=1S/C27H35N3O3/c1-6-7-8-9-10-15-25(31)29(4)20(3)26-28-22-14-12-11-13-21(22)27(32)30(26)23-18-19(2)16-17-24(23)33-5/h11-14,16-18,20H,6-10,15H2,1-5H3. The number of methoxy groups -OCH3 is 1. The van der Waals surface area contributed by atoms with Gasteiger partial charge in [0, 0.05) is 13.5 Å². The Morgan fingerprint density at radius 3 is 2.58 bits per heavy atom. The second-order valence-corrected chi connectivity index (χ2v) is 8.65. The minimum atomic E-state index is -0.393. The maximum Gasteiger partial charge on any atom is 0.266 e. The Balaban J connectivity index is 2.05. The van der Waals surface area contributed by atoms with Crippen molar-refractivity contribution in [2.24, 2.45) is 0 Å². The Labute approximate surface area is 196 Å². The normalized spacial score (nSPS) is 12.0. The lowest BCUT2D eigenvalue weighted by Gasteiger charge is -2.27. The highest BCUT2D eigenvalue weighted by Gasteiger charge is 2.25. The van der Waals surface area contributed by atoms with Crippen molar-refractivity contribution in [1.29, 1.82) is 0 Å². The molecule has 0 saturated carbocycles. The number of rotatable bonds is 10. The number of aryl methyl sites for hydroxylation is 1. The fourth-order valence-electron chi connectivity index (χ4n) is 4.08. The lowest BCUT2D eigenvalue weighted by Crippen LogP contribution is -2.35. The number of para-hydroxylation sites is 1. The summed E-state index contributed by atoms with van der Waals surface area (Å²) in [5.41, 5.74) is 2.07. The van der Waals surface area contributed by atoms with Gasteiger partial charge in [-0.2, -0.15) is 0 Å². The van der Waals surface area contributed by atoms with Crippen molar-refractivity contribution in [2.75, 3.05) is 14.2 Å². The van der Waals surface area contributed by atoms with Gasteiger partial charge < -0.3 is 9.64 Å². The van der Waals surface area contributed by atoms with Gasteiger partial charge in [-0.25, -0.2) is 4.98 Å². The molecule has 0 N–H and O–H groups in total. The predicted molar refractivity (Wildman–Crippen MR) is 133 cm³/mol. The molecule has 0 aliphatic carbocycles. The van der Waals surface area contributed by atoms with Crippen LogP contribution in [0.15, 0.2) is 47.3 Å². The fourth-order valence-corrected chi connectivity index (χ4v) is 4.08. The molecule has 6 nitrogen and oxygen atoms in total. The summed E-state index contributed by atoms with van der Waals surface area (Å²) in [6.07, 6.45) is 5.96. The second kappa shape index (κ2) is 11.1.